The fraction of sp³-hybridized carbons (Fsp3) is 0.238. The van der Waals surface area contributed by atoms with Gasteiger partial charge in [-0.1, -0.05) is 36.4 Å². The zero-order valence-corrected chi connectivity index (χ0v) is 14.5. The second-order valence-electron chi connectivity index (χ2n) is 6.86. The maximum Gasteiger partial charge on any atom is 0.193 e. The van der Waals surface area contributed by atoms with Crippen LogP contribution in [0.4, 0.5) is 0 Å². The van der Waals surface area contributed by atoms with Crippen molar-refractivity contribution in [3.05, 3.63) is 64.7 Å². The van der Waals surface area contributed by atoms with E-state index in [0.717, 1.165) is 5.56 Å². The first kappa shape index (κ1) is 17.0. The van der Waals surface area contributed by atoms with E-state index in [2.05, 4.69) is 0 Å². The molecule has 2 aromatic rings. The Morgan fingerprint density at radius 2 is 1.92 bits per heavy atom. The topological polar surface area (TPSA) is 63.6 Å². The molecular formula is C21H20O4. The van der Waals surface area contributed by atoms with Crippen molar-refractivity contribution in [3.8, 4) is 11.5 Å². The lowest BCUT2D eigenvalue weighted by molar-refractivity contribution is 0.0610. The third-order valence-corrected chi connectivity index (χ3v) is 4.17. The second-order valence-corrected chi connectivity index (χ2v) is 6.86. The summed E-state index contributed by atoms with van der Waals surface area (Å²) in [5.41, 5.74) is 1.18. The van der Waals surface area contributed by atoms with E-state index >= 15 is 0 Å². The van der Waals surface area contributed by atoms with Gasteiger partial charge < -0.3 is 9.84 Å². The quantitative estimate of drug-likeness (QED) is 0.669. The average Bonchev–Trinajstić information content (AvgIpc) is 2.51. The molecule has 4 heteroatoms. The number of Topliss-reactive ketones (excluding diaryl/α,β-unsaturated/α-hetero) is 1. The Hall–Kier alpha value is -2.88. The lowest BCUT2D eigenvalue weighted by Gasteiger charge is -2.33. The van der Waals surface area contributed by atoms with Crippen LogP contribution in [0.25, 0.3) is 6.08 Å². The van der Waals surface area contributed by atoms with Crippen LogP contribution in [0.1, 0.15) is 52.1 Å². The van der Waals surface area contributed by atoms with E-state index in [4.69, 9.17) is 4.74 Å². The van der Waals surface area contributed by atoms with Crippen LogP contribution in [0.2, 0.25) is 0 Å². The number of aryl methyl sites for hydroxylation is 1. The number of phenols is 1. The summed E-state index contributed by atoms with van der Waals surface area (Å²) in [6, 6.07) is 10.8. The number of rotatable bonds is 3. The van der Waals surface area contributed by atoms with Gasteiger partial charge in [-0.25, -0.2) is 0 Å². The van der Waals surface area contributed by atoms with Gasteiger partial charge in [0.05, 0.1) is 12.0 Å². The highest BCUT2D eigenvalue weighted by Gasteiger charge is 2.37. The minimum atomic E-state index is -0.720. The Balaban J connectivity index is 2.08. The lowest BCUT2D eigenvalue weighted by Crippen LogP contribution is -2.37. The van der Waals surface area contributed by atoms with E-state index in [9.17, 15) is 14.7 Å². The van der Waals surface area contributed by atoms with E-state index in [1.165, 1.54) is 12.1 Å². The normalized spacial score (nSPS) is 15.7. The predicted molar refractivity (Wildman–Crippen MR) is 96.3 cm³/mol. The number of hydrogen-bond donors (Lipinski definition) is 1. The highest BCUT2D eigenvalue weighted by molar-refractivity contribution is 6.14. The minimum absolute atomic E-state index is 0.0360. The Morgan fingerprint density at radius 3 is 2.60 bits per heavy atom. The monoisotopic (exact) mass is 336 g/mol. The fourth-order valence-electron chi connectivity index (χ4n) is 3.06. The number of hydrogen-bond acceptors (Lipinski definition) is 4. The molecule has 1 heterocycles. The smallest absolute Gasteiger partial charge is 0.193 e. The molecule has 25 heavy (non-hydrogen) atoms. The zero-order valence-electron chi connectivity index (χ0n) is 14.5. The number of benzene rings is 2. The summed E-state index contributed by atoms with van der Waals surface area (Å²) in [6.45, 7) is 5.31. The van der Waals surface area contributed by atoms with E-state index in [1.54, 1.807) is 26.8 Å². The van der Waals surface area contributed by atoms with Gasteiger partial charge in [-0.3, -0.25) is 9.59 Å². The van der Waals surface area contributed by atoms with Crippen molar-refractivity contribution in [2.24, 2.45) is 0 Å². The van der Waals surface area contributed by atoms with Gasteiger partial charge >= 0.3 is 0 Å². The number of ketones is 2. The van der Waals surface area contributed by atoms with Gasteiger partial charge in [0.1, 0.15) is 22.7 Å². The summed E-state index contributed by atoms with van der Waals surface area (Å²) in [5.74, 6) is -0.473. The Labute approximate surface area is 146 Å². The first-order valence-electron chi connectivity index (χ1n) is 8.15. The third kappa shape index (κ3) is 3.33. The third-order valence-electron chi connectivity index (χ3n) is 4.17. The molecule has 0 saturated heterocycles. The number of aromatic hydroxyl groups is 1. The number of carbonyl (C=O) groups excluding carboxylic acids is 2. The average molecular weight is 336 g/mol. The molecule has 1 aliphatic heterocycles. The zero-order chi connectivity index (χ0) is 18.2. The van der Waals surface area contributed by atoms with Crippen molar-refractivity contribution in [2.45, 2.75) is 32.8 Å². The molecule has 1 aliphatic rings. The molecule has 4 nitrogen and oxygen atoms in total. The second kappa shape index (κ2) is 6.20. The van der Waals surface area contributed by atoms with Gasteiger partial charge in [-0.05, 0) is 44.0 Å². The summed E-state index contributed by atoms with van der Waals surface area (Å²) in [5, 5.41) is 10.3. The first-order valence-corrected chi connectivity index (χ1v) is 8.15. The van der Waals surface area contributed by atoms with E-state index in [-0.39, 0.29) is 29.3 Å². The first-order chi connectivity index (χ1) is 11.8. The van der Waals surface area contributed by atoms with Crippen LogP contribution in [0.5, 0.6) is 11.5 Å². The van der Waals surface area contributed by atoms with Crippen LogP contribution >= 0.6 is 0 Å². The number of allylic oxidation sites excluding steroid dienone is 1. The summed E-state index contributed by atoms with van der Waals surface area (Å²) >= 11 is 0. The van der Waals surface area contributed by atoms with Gasteiger partial charge in [0, 0.05) is 0 Å². The van der Waals surface area contributed by atoms with Crippen LogP contribution in [-0.2, 0) is 0 Å². The largest absolute Gasteiger partial charge is 0.507 e. The van der Waals surface area contributed by atoms with Crippen molar-refractivity contribution < 1.29 is 19.4 Å². The Morgan fingerprint density at radius 1 is 1.24 bits per heavy atom. The van der Waals surface area contributed by atoms with Crippen molar-refractivity contribution in [2.75, 3.05) is 0 Å². The molecule has 1 N–H and O–H groups in total. The van der Waals surface area contributed by atoms with E-state index < -0.39 is 11.4 Å². The molecule has 128 valence electrons. The Kier molecular flexibility index (Phi) is 4.21. The highest BCUT2D eigenvalue weighted by Crippen LogP contribution is 2.42. The molecule has 0 aromatic heterocycles. The maximum absolute atomic E-state index is 12.7. The lowest BCUT2D eigenvalue weighted by atomic mass is 9.87. The fourth-order valence-corrected chi connectivity index (χ4v) is 3.06. The minimum Gasteiger partial charge on any atom is -0.507 e. The van der Waals surface area contributed by atoms with Crippen LogP contribution < -0.4 is 4.74 Å². The molecule has 0 radical (unpaired) electrons. The molecule has 0 fully saturated rings. The summed E-state index contributed by atoms with van der Waals surface area (Å²) in [7, 11) is 0. The van der Waals surface area contributed by atoms with Gasteiger partial charge in [0.15, 0.2) is 11.6 Å². The van der Waals surface area contributed by atoms with Gasteiger partial charge in [-0.2, -0.15) is 0 Å². The summed E-state index contributed by atoms with van der Waals surface area (Å²) in [6.07, 6.45) is 3.29. The van der Waals surface area contributed by atoms with Crippen LogP contribution in [0.15, 0.2) is 42.5 Å². The Bertz CT molecular complexity index is 877. The number of ether oxygens (including phenoxy) is 1. The van der Waals surface area contributed by atoms with E-state index in [1.807, 2.05) is 30.3 Å². The van der Waals surface area contributed by atoms with Crippen molar-refractivity contribution in [3.63, 3.8) is 0 Å². The SMILES string of the molecule is Cc1cc(O)c(C(=O)C=Cc2ccccc2)c2c1C(=O)CC(C)(C)O2. The predicted octanol–water partition coefficient (Wildman–Crippen LogP) is 4.34. The number of carbonyl (C=O) groups is 2. The number of phenolic OH excluding ortho intramolecular Hbond substituents is 1. The molecule has 0 amide bonds. The van der Waals surface area contributed by atoms with Gasteiger partial charge in [0.2, 0.25) is 0 Å². The van der Waals surface area contributed by atoms with Gasteiger partial charge in [0.25, 0.3) is 0 Å². The molecule has 0 spiro atoms. The molecule has 0 bridgehead atoms. The van der Waals surface area contributed by atoms with Crippen molar-refractivity contribution >= 4 is 17.6 Å². The van der Waals surface area contributed by atoms with Gasteiger partial charge in [-0.15, -0.1) is 0 Å². The van der Waals surface area contributed by atoms with Crippen LogP contribution in [-0.4, -0.2) is 22.3 Å². The molecule has 0 atom stereocenters. The molecule has 3 rings (SSSR count). The summed E-state index contributed by atoms with van der Waals surface area (Å²) < 4.78 is 5.92. The molecule has 2 aromatic carbocycles. The van der Waals surface area contributed by atoms with Crippen LogP contribution in [0.3, 0.4) is 0 Å². The molecule has 0 unspecified atom stereocenters. The molecule has 0 aliphatic carbocycles. The highest BCUT2D eigenvalue weighted by atomic mass is 16.5. The number of fused-ring (bicyclic) bond motifs is 1. The maximum atomic E-state index is 12.7. The van der Waals surface area contributed by atoms with Crippen molar-refractivity contribution in [1.82, 2.24) is 0 Å². The van der Waals surface area contributed by atoms with Crippen LogP contribution in [0, 0.1) is 6.92 Å². The van der Waals surface area contributed by atoms with Crippen molar-refractivity contribution in [1.29, 1.82) is 0 Å². The summed E-state index contributed by atoms with van der Waals surface area (Å²) in [4.78, 5) is 25.2. The van der Waals surface area contributed by atoms with E-state index in [0.29, 0.717) is 11.1 Å². The molecular weight excluding hydrogens is 316 g/mol. The standard InChI is InChI=1S/C21H20O4/c1-13-11-16(23)19(15(22)10-9-14-7-5-4-6-8-14)20-18(13)17(24)12-21(2,3)25-20/h4-11,23H,12H2,1-3H3. The molecule has 0 saturated carbocycles.